The predicted octanol–water partition coefficient (Wildman–Crippen LogP) is 14.9. The molecule has 1 saturated heterocycles. The molecule has 4 aromatic carbocycles. The predicted molar refractivity (Wildman–Crippen MR) is 289 cm³/mol. The van der Waals surface area contributed by atoms with Crippen molar-refractivity contribution in [3.8, 4) is 0 Å². The van der Waals surface area contributed by atoms with E-state index in [0.29, 0.717) is 6.61 Å². The smallest absolute Gasteiger partial charge is 0.420 e. The molecule has 1 fully saturated rings. The maximum atomic E-state index is 14.2. The fraction of sp³-hybridized carbons (Fsp3) is 0.548. The zero-order valence-electron chi connectivity index (χ0n) is 45.1. The summed E-state index contributed by atoms with van der Waals surface area (Å²) in [5.41, 5.74) is 2.09. The molecular formula is C62H87NO10. The molecular weight excluding hydrogens is 919 g/mol. The van der Waals surface area contributed by atoms with Crippen LogP contribution in [0.3, 0.4) is 0 Å². The number of unbranched alkanes of at least 4 members (excludes halogenated alkanes) is 12. The van der Waals surface area contributed by atoms with Crippen molar-refractivity contribution in [1.82, 2.24) is 4.90 Å². The number of carbonyl (C=O) groups excluding carboxylic acids is 2. The van der Waals surface area contributed by atoms with Gasteiger partial charge in [-0.1, -0.05) is 211 Å². The van der Waals surface area contributed by atoms with E-state index in [1.807, 2.05) is 133 Å². The quantitative estimate of drug-likeness (QED) is 0.0357. The minimum atomic E-state index is -1.09. The van der Waals surface area contributed by atoms with Crippen molar-refractivity contribution in [3.63, 3.8) is 0 Å². The van der Waals surface area contributed by atoms with Crippen molar-refractivity contribution >= 4 is 12.2 Å². The summed E-state index contributed by atoms with van der Waals surface area (Å²) >= 11 is 0. The Morgan fingerprint density at radius 2 is 0.918 bits per heavy atom. The number of amides is 2. The van der Waals surface area contributed by atoms with Gasteiger partial charge in [-0.15, -0.1) is 0 Å². The van der Waals surface area contributed by atoms with Crippen LogP contribution in [0.15, 0.2) is 133 Å². The number of imide groups is 1. The summed E-state index contributed by atoms with van der Waals surface area (Å²) in [5, 5.41) is 0. The van der Waals surface area contributed by atoms with E-state index in [1.54, 1.807) is 41.5 Å². The molecule has 1 aliphatic heterocycles. The second kappa shape index (κ2) is 32.4. The molecule has 11 heteroatoms. The summed E-state index contributed by atoms with van der Waals surface area (Å²) in [4.78, 5) is 29.5. The van der Waals surface area contributed by atoms with E-state index < -0.39 is 60.1 Å². The highest BCUT2D eigenvalue weighted by atomic mass is 16.7. The summed E-state index contributed by atoms with van der Waals surface area (Å²) in [5.74, 6) is 0. The lowest BCUT2D eigenvalue weighted by Crippen LogP contribution is -2.62. The number of rotatable bonds is 31. The molecule has 0 N–H and O–H groups in total. The first-order valence-corrected chi connectivity index (χ1v) is 27.1. The average Bonchev–Trinajstić information content (AvgIpc) is 3.36. The van der Waals surface area contributed by atoms with Gasteiger partial charge in [0.05, 0.1) is 45.7 Å². The zero-order valence-corrected chi connectivity index (χ0v) is 45.1. The maximum absolute atomic E-state index is 14.2. The van der Waals surface area contributed by atoms with E-state index >= 15 is 0 Å². The van der Waals surface area contributed by atoms with Crippen molar-refractivity contribution in [1.29, 1.82) is 0 Å². The number of carbonyl (C=O) groups is 2. The van der Waals surface area contributed by atoms with Gasteiger partial charge in [-0.05, 0) is 76.6 Å². The van der Waals surface area contributed by atoms with Crippen LogP contribution in [0.4, 0.5) is 9.59 Å². The lowest BCUT2D eigenvalue weighted by atomic mass is 9.97. The molecule has 1 heterocycles. The fourth-order valence-electron chi connectivity index (χ4n) is 8.61. The molecule has 1 aliphatic rings. The van der Waals surface area contributed by atoms with Gasteiger partial charge < -0.3 is 37.9 Å². The molecule has 4 aromatic rings. The maximum Gasteiger partial charge on any atom is 0.420 e. The molecule has 0 bridgehead atoms. The van der Waals surface area contributed by atoms with E-state index in [2.05, 4.69) is 6.92 Å². The van der Waals surface area contributed by atoms with Crippen LogP contribution in [-0.2, 0) is 64.3 Å². The largest absolute Gasteiger partial charge is 0.443 e. The highest BCUT2D eigenvalue weighted by Crippen LogP contribution is 2.32. The van der Waals surface area contributed by atoms with E-state index in [1.165, 1.54) is 64.2 Å². The van der Waals surface area contributed by atoms with Crippen LogP contribution in [-0.4, -0.2) is 78.2 Å². The van der Waals surface area contributed by atoms with Gasteiger partial charge in [0.1, 0.15) is 35.6 Å². The molecule has 73 heavy (non-hydrogen) atoms. The van der Waals surface area contributed by atoms with Crippen LogP contribution < -0.4 is 0 Å². The number of hydrogen-bond acceptors (Lipinski definition) is 10. The van der Waals surface area contributed by atoms with Gasteiger partial charge in [-0.2, -0.15) is 0 Å². The normalized spacial score (nSPS) is 18.6. The van der Waals surface area contributed by atoms with Gasteiger partial charge in [-0.3, -0.25) is 0 Å². The summed E-state index contributed by atoms with van der Waals surface area (Å²) in [6, 6.07) is 38.9. The molecule has 0 unspecified atom stereocenters. The van der Waals surface area contributed by atoms with Gasteiger partial charge in [-0.25, -0.2) is 14.5 Å². The molecule has 0 aromatic heterocycles. The Hall–Kier alpha value is -4.88. The summed E-state index contributed by atoms with van der Waals surface area (Å²) in [6.07, 6.45) is 13.8. The van der Waals surface area contributed by atoms with Gasteiger partial charge in [0.15, 0.2) is 6.29 Å². The summed E-state index contributed by atoms with van der Waals surface area (Å²) in [6.45, 7) is 13.9. The van der Waals surface area contributed by atoms with Crippen LogP contribution in [0.25, 0.3) is 0 Å². The van der Waals surface area contributed by atoms with Crippen molar-refractivity contribution in [3.05, 3.63) is 156 Å². The molecule has 2 amide bonds. The number of ether oxygens (including phenoxy) is 8. The van der Waals surface area contributed by atoms with Crippen molar-refractivity contribution in [2.24, 2.45) is 0 Å². The Morgan fingerprint density at radius 3 is 1.36 bits per heavy atom. The lowest BCUT2D eigenvalue weighted by Gasteiger charge is -2.46. The van der Waals surface area contributed by atoms with Gasteiger partial charge >= 0.3 is 12.2 Å². The van der Waals surface area contributed by atoms with E-state index in [0.717, 1.165) is 46.4 Å². The van der Waals surface area contributed by atoms with Crippen molar-refractivity contribution in [2.75, 3.05) is 13.2 Å². The van der Waals surface area contributed by atoms with Crippen molar-refractivity contribution < 1.29 is 47.5 Å². The Balaban J connectivity index is 1.45. The topological polar surface area (TPSA) is 111 Å². The van der Waals surface area contributed by atoms with E-state index in [9.17, 15) is 9.59 Å². The minimum Gasteiger partial charge on any atom is -0.443 e. The third-order valence-electron chi connectivity index (χ3n) is 12.4. The summed E-state index contributed by atoms with van der Waals surface area (Å²) < 4.78 is 52.8. The van der Waals surface area contributed by atoms with Gasteiger partial charge in [0.2, 0.25) is 0 Å². The monoisotopic (exact) mass is 1010 g/mol. The standard InChI is InChI=1S/C62H87NO10/c1-8-9-10-11-12-13-14-15-16-17-18-19-20-33-42-53(63(59(64)72-61(2,3)4)60(65)73-62(5,6)7)47-70-58-57(69-46-52-40-31-24-32-41-52)56(68-45-51-38-29-23-30-39-51)55(67-44-50-36-27-22-28-37-50)54(71-58)48-66-43-49-34-25-21-26-35-49/h21-42,53-58H,8-20,43-48H2,1-7H3/b42-33-/t53-,54-,55-,56+,57-,58+/m1/s1. The SMILES string of the molecule is CCCCCCCCCCCCCC/C=C\[C@H](CO[C@H]1O[C@H](COCc2ccccc2)[C@@H](OCc2ccccc2)[C@H](OCc2ccccc2)[C@H]1OCc1ccccc1)N(C(=O)OC(C)(C)C)C(=O)OC(C)(C)C. The first-order chi connectivity index (χ1) is 35.3. The van der Waals surface area contributed by atoms with E-state index in [-0.39, 0.29) is 33.0 Å². The van der Waals surface area contributed by atoms with Gasteiger partial charge in [0, 0.05) is 0 Å². The van der Waals surface area contributed by atoms with Crippen LogP contribution in [0, 0.1) is 0 Å². The highest BCUT2D eigenvalue weighted by Gasteiger charge is 2.50. The fourth-order valence-corrected chi connectivity index (χ4v) is 8.61. The Kier molecular flexibility index (Phi) is 26.2. The van der Waals surface area contributed by atoms with E-state index in [4.69, 9.17) is 37.9 Å². The Bertz CT molecular complexity index is 2080. The molecule has 0 aliphatic carbocycles. The number of benzene rings is 4. The zero-order chi connectivity index (χ0) is 52.2. The highest BCUT2D eigenvalue weighted by molar-refractivity contribution is 5.89. The number of hydrogen-bond donors (Lipinski definition) is 0. The number of nitrogens with zero attached hydrogens (tertiary/aromatic N) is 1. The van der Waals surface area contributed by atoms with Crippen LogP contribution in [0.2, 0.25) is 0 Å². The molecule has 0 saturated carbocycles. The van der Waals surface area contributed by atoms with Gasteiger partial charge in [0.25, 0.3) is 0 Å². The van der Waals surface area contributed by atoms with Crippen LogP contribution >= 0.6 is 0 Å². The van der Waals surface area contributed by atoms with Crippen molar-refractivity contribution in [2.45, 2.75) is 206 Å². The first kappa shape index (κ1) is 59.0. The molecule has 400 valence electrons. The molecule has 0 spiro atoms. The number of allylic oxidation sites excluding steroid dienone is 1. The minimum absolute atomic E-state index is 0.134. The first-order valence-electron chi connectivity index (χ1n) is 27.1. The summed E-state index contributed by atoms with van der Waals surface area (Å²) in [7, 11) is 0. The lowest BCUT2D eigenvalue weighted by molar-refractivity contribution is -0.329. The second-order valence-corrected chi connectivity index (χ2v) is 21.2. The molecule has 11 nitrogen and oxygen atoms in total. The molecule has 5 rings (SSSR count). The third-order valence-corrected chi connectivity index (χ3v) is 12.4. The third kappa shape index (κ3) is 23.1. The molecule has 0 radical (unpaired) electrons. The average molecular weight is 1010 g/mol. The molecule has 6 atom stereocenters. The second-order valence-electron chi connectivity index (χ2n) is 21.2. The van der Waals surface area contributed by atoms with Crippen LogP contribution in [0.5, 0.6) is 0 Å². The Morgan fingerprint density at radius 1 is 0.521 bits per heavy atom. The Labute approximate surface area is 438 Å². The van der Waals surface area contributed by atoms with Crippen LogP contribution in [0.1, 0.15) is 154 Å².